The van der Waals surface area contributed by atoms with E-state index in [1.807, 2.05) is 42.5 Å². The van der Waals surface area contributed by atoms with Crippen molar-refractivity contribution >= 4 is 39.8 Å². The molecule has 2 aromatic carbocycles. The Hall–Kier alpha value is -2.59. The van der Waals surface area contributed by atoms with Gasteiger partial charge in [0.1, 0.15) is 0 Å². The van der Waals surface area contributed by atoms with Gasteiger partial charge in [-0.1, -0.05) is 49.1 Å². The summed E-state index contributed by atoms with van der Waals surface area (Å²) in [7, 11) is 0. The van der Waals surface area contributed by atoms with Crippen LogP contribution >= 0.6 is 11.6 Å². The summed E-state index contributed by atoms with van der Waals surface area (Å²) in [5, 5.41) is 7.78. The van der Waals surface area contributed by atoms with Crippen molar-refractivity contribution in [2.75, 3.05) is 17.2 Å². The monoisotopic (exact) mass is 393 g/mol. The van der Waals surface area contributed by atoms with Crippen molar-refractivity contribution in [1.82, 2.24) is 4.98 Å². The Labute approximate surface area is 170 Å². The van der Waals surface area contributed by atoms with Gasteiger partial charge in [-0.2, -0.15) is 0 Å². The predicted molar refractivity (Wildman–Crippen MR) is 116 cm³/mol. The average Bonchev–Trinajstić information content (AvgIpc) is 2.73. The number of para-hydroxylation sites is 1. The average molecular weight is 394 g/mol. The maximum absolute atomic E-state index is 12.6. The molecule has 4 rings (SSSR count). The molecule has 0 bridgehead atoms. The zero-order valence-electron chi connectivity index (χ0n) is 15.7. The van der Waals surface area contributed by atoms with Crippen LogP contribution in [0.2, 0.25) is 5.02 Å². The largest absolute Gasteiger partial charge is 0.385 e. The van der Waals surface area contributed by atoms with Crippen LogP contribution in [0.1, 0.15) is 42.5 Å². The molecule has 1 fully saturated rings. The first-order valence-corrected chi connectivity index (χ1v) is 10.3. The summed E-state index contributed by atoms with van der Waals surface area (Å²) in [5.74, 6) is 0.497. The molecule has 2 N–H and O–H groups in total. The second kappa shape index (κ2) is 8.61. The van der Waals surface area contributed by atoms with E-state index in [2.05, 4.69) is 15.6 Å². The second-order valence-electron chi connectivity index (χ2n) is 7.45. The molecule has 28 heavy (non-hydrogen) atoms. The smallest absolute Gasteiger partial charge is 0.257 e. The fourth-order valence-corrected chi connectivity index (χ4v) is 4.07. The third-order valence-electron chi connectivity index (χ3n) is 5.38. The van der Waals surface area contributed by atoms with Gasteiger partial charge in [-0.3, -0.25) is 9.78 Å². The Bertz CT molecular complexity index is 982. The molecule has 4 nitrogen and oxygen atoms in total. The predicted octanol–water partition coefficient (Wildman–Crippen LogP) is 6.13. The Balaban J connectivity index is 1.41. The zero-order valence-corrected chi connectivity index (χ0v) is 16.5. The molecule has 0 radical (unpaired) electrons. The van der Waals surface area contributed by atoms with Crippen LogP contribution in [0, 0.1) is 5.92 Å². The van der Waals surface area contributed by atoms with Gasteiger partial charge in [-0.05, 0) is 49.1 Å². The van der Waals surface area contributed by atoms with E-state index in [1.165, 1.54) is 32.1 Å². The molecule has 1 aliphatic carbocycles. The van der Waals surface area contributed by atoms with Crippen molar-refractivity contribution in [2.24, 2.45) is 5.92 Å². The van der Waals surface area contributed by atoms with E-state index in [4.69, 9.17) is 11.6 Å². The lowest BCUT2D eigenvalue weighted by Gasteiger charge is -2.22. The number of rotatable bonds is 5. The Morgan fingerprint density at radius 2 is 1.86 bits per heavy atom. The van der Waals surface area contributed by atoms with Gasteiger partial charge in [0, 0.05) is 17.6 Å². The number of halogens is 1. The highest BCUT2D eigenvalue weighted by atomic mass is 35.5. The summed E-state index contributed by atoms with van der Waals surface area (Å²) >= 11 is 6.39. The van der Waals surface area contributed by atoms with Gasteiger partial charge in [0.25, 0.3) is 5.91 Å². The molecular weight excluding hydrogens is 370 g/mol. The van der Waals surface area contributed by atoms with E-state index in [0.717, 1.165) is 29.1 Å². The highest BCUT2D eigenvalue weighted by Gasteiger charge is 2.15. The Kier molecular flexibility index (Phi) is 5.77. The Morgan fingerprint density at radius 1 is 1.04 bits per heavy atom. The fraction of sp³-hybridized carbons (Fsp3) is 0.304. The minimum absolute atomic E-state index is 0.235. The lowest BCUT2D eigenvalue weighted by Crippen LogP contribution is -2.17. The van der Waals surface area contributed by atoms with Crippen molar-refractivity contribution in [3.8, 4) is 0 Å². The van der Waals surface area contributed by atoms with Gasteiger partial charge >= 0.3 is 0 Å². The van der Waals surface area contributed by atoms with Gasteiger partial charge in [0.05, 0.1) is 28.0 Å². The zero-order chi connectivity index (χ0) is 19.3. The summed E-state index contributed by atoms with van der Waals surface area (Å²) in [6, 6.07) is 15.2. The van der Waals surface area contributed by atoms with Crippen LogP contribution in [0.5, 0.6) is 0 Å². The van der Waals surface area contributed by atoms with Crippen molar-refractivity contribution in [3.63, 3.8) is 0 Å². The standard InChI is InChI=1S/C23H24ClN3O/c24-21-13-18(25-14-16-6-2-1-3-7-16)10-11-20(21)23(28)27-19-12-17-8-4-5-9-22(17)26-15-19/h4-5,8-13,15-16,25H,1-3,6-7,14H2,(H,27,28). The van der Waals surface area contributed by atoms with Crippen LogP contribution < -0.4 is 10.6 Å². The minimum Gasteiger partial charge on any atom is -0.385 e. The lowest BCUT2D eigenvalue weighted by molar-refractivity contribution is 0.102. The summed E-state index contributed by atoms with van der Waals surface area (Å²) in [6.45, 7) is 0.963. The number of aromatic nitrogens is 1. The number of carbonyl (C=O) groups is 1. The highest BCUT2D eigenvalue weighted by molar-refractivity contribution is 6.34. The van der Waals surface area contributed by atoms with Crippen molar-refractivity contribution in [3.05, 3.63) is 65.3 Å². The third kappa shape index (κ3) is 4.45. The molecular formula is C23H24ClN3O. The maximum atomic E-state index is 12.6. The molecule has 1 aliphatic rings. The number of nitrogens with one attached hydrogen (secondary N) is 2. The number of fused-ring (bicyclic) bond motifs is 1. The van der Waals surface area contributed by atoms with Gasteiger partial charge < -0.3 is 10.6 Å². The summed E-state index contributed by atoms with van der Waals surface area (Å²) in [4.78, 5) is 17.0. The first kappa shape index (κ1) is 18.8. The molecule has 0 atom stereocenters. The third-order valence-corrected chi connectivity index (χ3v) is 5.69. The molecule has 3 aromatic rings. The number of nitrogens with zero attached hydrogens (tertiary/aromatic N) is 1. The van der Waals surface area contributed by atoms with Crippen molar-refractivity contribution in [2.45, 2.75) is 32.1 Å². The fourth-order valence-electron chi connectivity index (χ4n) is 3.80. The molecule has 0 saturated heterocycles. The van der Waals surface area contributed by atoms with Gasteiger partial charge in [-0.15, -0.1) is 0 Å². The van der Waals surface area contributed by atoms with Gasteiger partial charge in [0.15, 0.2) is 0 Å². The van der Waals surface area contributed by atoms with Crippen LogP contribution in [0.25, 0.3) is 10.9 Å². The first-order valence-electron chi connectivity index (χ1n) is 9.88. The number of anilines is 2. The number of amides is 1. The van der Waals surface area contributed by atoms with E-state index >= 15 is 0 Å². The number of carbonyl (C=O) groups excluding carboxylic acids is 1. The van der Waals surface area contributed by atoms with Crippen LogP contribution in [0.3, 0.4) is 0 Å². The van der Waals surface area contributed by atoms with Crippen molar-refractivity contribution in [1.29, 1.82) is 0 Å². The van der Waals surface area contributed by atoms with E-state index < -0.39 is 0 Å². The van der Waals surface area contributed by atoms with Gasteiger partial charge in [0.2, 0.25) is 0 Å². The quantitative estimate of drug-likeness (QED) is 0.548. The van der Waals surface area contributed by atoms with E-state index in [9.17, 15) is 4.79 Å². The molecule has 0 spiro atoms. The van der Waals surface area contributed by atoms with Crippen LogP contribution in [0.4, 0.5) is 11.4 Å². The molecule has 1 heterocycles. The molecule has 0 aliphatic heterocycles. The minimum atomic E-state index is -0.235. The highest BCUT2D eigenvalue weighted by Crippen LogP contribution is 2.26. The van der Waals surface area contributed by atoms with Crippen molar-refractivity contribution < 1.29 is 4.79 Å². The SMILES string of the molecule is O=C(Nc1cnc2ccccc2c1)c1ccc(NCC2CCCCC2)cc1Cl. The maximum Gasteiger partial charge on any atom is 0.257 e. The first-order chi connectivity index (χ1) is 13.7. The molecule has 144 valence electrons. The molecule has 0 unspecified atom stereocenters. The van der Waals surface area contributed by atoms with Gasteiger partial charge in [-0.25, -0.2) is 0 Å². The van der Waals surface area contributed by atoms with E-state index in [0.29, 0.717) is 16.3 Å². The number of hydrogen-bond acceptors (Lipinski definition) is 3. The number of pyridine rings is 1. The molecule has 1 amide bonds. The van der Waals surface area contributed by atoms with Crippen LogP contribution in [0.15, 0.2) is 54.7 Å². The summed E-state index contributed by atoms with van der Waals surface area (Å²) in [6.07, 6.45) is 8.26. The number of benzene rings is 2. The molecule has 1 aromatic heterocycles. The molecule has 1 saturated carbocycles. The summed E-state index contributed by atoms with van der Waals surface area (Å²) in [5.41, 5.74) is 2.96. The van der Waals surface area contributed by atoms with Crippen LogP contribution in [-0.2, 0) is 0 Å². The van der Waals surface area contributed by atoms with E-state index in [1.54, 1.807) is 12.3 Å². The normalized spacial score (nSPS) is 14.8. The molecule has 5 heteroatoms. The number of hydrogen-bond donors (Lipinski definition) is 2. The second-order valence-corrected chi connectivity index (χ2v) is 7.86. The Morgan fingerprint density at radius 3 is 2.68 bits per heavy atom. The lowest BCUT2D eigenvalue weighted by atomic mass is 9.89. The van der Waals surface area contributed by atoms with E-state index in [-0.39, 0.29) is 5.91 Å². The van der Waals surface area contributed by atoms with Crippen LogP contribution in [-0.4, -0.2) is 17.4 Å². The summed E-state index contributed by atoms with van der Waals surface area (Å²) < 4.78 is 0. The topological polar surface area (TPSA) is 54.0 Å².